The fourth-order valence-electron chi connectivity index (χ4n) is 2.43. The molecule has 1 saturated heterocycles. The molecule has 1 aromatic heterocycles. The summed E-state index contributed by atoms with van der Waals surface area (Å²) in [6, 6.07) is 8.41. The monoisotopic (exact) mass is 463 g/mol. The van der Waals surface area contributed by atoms with E-state index >= 15 is 0 Å². The van der Waals surface area contributed by atoms with Crippen LogP contribution in [0.4, 0.5) is 0 Å². The average molecular weight is 464 g/mol. The first-order valence-corrected chi connectivity index (χ1v) is 10.8. The minimum Gasteiger partial charge on any atom is -0.490 e. The summed E-state index contributed by atoms with van der Waals surface area (Å²) < 4.78 is 11.1. The van der Waals surface area contributed by atoms with Crippen molar-refractivity contribution in [2.75, 3.05) is 13.2 Å². The van der Waals surface area contributed by atoms with Crippen LogP contribution in [0, 0.1) is 0 Å². The van der Waals surface area contributed by atoms with E-state index in [2.05, 4.69) is 5.43 Å². The molecule has 1 fully saturated rings. The molecule has 0 saturated carbocycles. The molecule has 3 amide bonds. The summed E-state index contributed by atoms with van der Waals surface area (Å²) in [7, 11) is 0. The van der Waals surface area contributed by atoms with Gasteiger partial charge in [-0.15, -0.1) is 11.3 Å². The van der Waals surface area contributed by atoms with Crippen molar-refractivity contribution >= 4 is 63.4 Å². The highest BCUT2D eigenvalue weighted by atomic mass is 32.2. The molecule has 3 N–H and O–H groups in total. The minimum atomic E-state index is -0.602. The Morgan fingerprint density at radius 2 is 2.07 bits per heavy atom. The summed E-state index contributed by atoms with van der Waals surface area (Å²) in [5.74, 6) is -0.661. The van der Waals surface area contributed by atoms with Crippen LogP contribution in [0.25, 0.3) is 6.08 Å². The zero-order valence-electron chi connectivity index (χ0n) is 15.7. The van der Waals surface area contributed by atoms with Gasteiger partial charge in [0.15, 0.2) is 22.4 Å². The van der Waals surface area contributed by atoms with E-state index in [0.29, 0.717) is 33.5 Å². The normalized spacial score (nSPS) is 14.8. The Morgan fingerprint density at radius 3 is 2.73 bits per heavy atom. The molecule has 11 heteroatoms. The summed E-state index contributed by atoms with van der Waals surface area (Å²) in [6.07, 6.45) is 1.64. The predicted octanol–water partition coefficient (Wildman–Crippen LogP) is 2.56. The van der Waals surface area contributed by atoms with Crippen molar-refractivity contribution in [2.24, 2.45) is 5.73 Å². The van der Waals surface area contributed by atoms with E-state index in [4.69, 9.17) is 27.4 Å². The number of rotatable bonds is 8. The van der Waals surface area contributed by atoms with Crippen LogP contribution in [0.3, 0.4) is 0 Å². The van der Waals surface area contributed by atoms with E-state index in [0.717, 1.165) is 16.8 Å². The number of nitrogens with one attached hydrogen (secondary N) is 1. The molecule has 0 unspecified atom stereocenters. The molecule has 1 aliphatic heterocycles. The molecule has 0 spiro atoms. The second-order valence-electron chi connectivity index (χ2n) is 5.83. The van der Waals surface area contributed by atoms with Gasteiger partial charge in [-0.1, -0.05) is 23.9 Å². The van der Waals surface area contributed by atoms with E-state index < -0.39 is 17.7 Å². The number of benzene rings is 1. The molecule has 30 heavy (non-hydrogen) atoms. The number of hydrazine groups is 1. The number of thiocarbonyl (C=S) groups is 1. The van der Waals surface area contributed by atoms with Gasteiger partial charge in [-0.3, -0.25) is 19.8 Å². The molecule has 0 bridgehead atoms. The van der Waals surface area contributed by atoms with Gasteiger partial charge in [0.1, 0.15) is 0 Å². The van der Waals surface area contributed by atoms with Gasteiger partial charge in [-0.25, -0.2) is 0 Å². The second kappa shape index (κ2) is 9.74. The number of thiophene rings is 1. The number of hydrogen-bond donors (Lipinski definition) is 2. The number of amides is 3. The summed E-state index contributed by atoms with van der Waals surface area (Å²) in [5.41, 5.74) is 8.30. The molecule has 1 aliphatic rings. The Hall–Kier alpha value is -2.89. The molecule has 2 aromatic rings. The Kier molecular flexibility index (Phi) is 7.08. The quantitative estimate of drug-likeness (QED) is 0.457. The Balaban J connectivity index is 1.78. The topological polar surface area (TPSA) is 111 Å². The minimum absolute atomic E-state index is 0.225. The molecule has 3 rings (SSSR count). The van der Waals surface area contributed by atoms with Gasteiger partial charge in [-0.05, 0) is 54.4 Å². The van der Waals surface area contributed by atoms with Crippen molar-refractivity contribution < 1.29 is 23.9 Å². The lowest BCUT2D eigenvalue weighted by atomic mass is 10.2. The van der Waals surface area contributed by atoms with Crippen molar-refractivity contribution in [3.63, 3.8) is 0 Å². The maximum atomic E-state index is 12.7. The van der Waals surface area contributed by atoms with E-state index in [9.17, 15) is 14.4 Å². The van der Waals surface area contributed by atoms with Gasteiger partial charge in [0.25, 0.3) is 17.7 Å². The smallest absolute Gasteiger partial charge is 0.285 e. The van der Waals surface area contributed by atoms with E-state index in [1.807, 2.05) is 6.92 Å². The first-order valence-electron chi connectivity index (χ1n) is 8.69. The van der Waals surface area contributed by atoms with Crippen molar-refractivity contribution in [1.82, 2.24) is 10.4 Å². The lowest BCUT2D eigenvalue weighted by Crippen LogP contribution is -2.44. The van der Waals surface area contributed by atoms with Crippen molar-refractivity contribution in [2.45, 2.75) is 6.92 Å². The van der Waals surface area contributed by atoms with Gasteiger partial charge in [0.05, 0.1) is 16.4 Å². The van der Waals surface area contributed by atoms with Crippen LogP contribution in [0.5, 0.6) is 11.5 Å². The molecule has 8 nitrogen and oxygen atoms in total. The summed E-state index contributed by atoms with van der Waals surface area (Å²) in [4.78, 5) is 36.7. The summed E-state index contributed by atoms with van der Waals surface area (Å²) in [5, 5.41) is 2.83. The number of nitrogens with zero attached hydrogens (tertiary/aromatic N) is 1. The average Bonchev–Trinajstić information content (AvgIpc) is 3.32. The lowest BCUT2D eigenvalue weighted by molar-refractivity contribution is -0.123. The molecular formula is C19H17N3O5S3. The fourth-order valence-corrected chi connectivity index (χ4v) is 4.22. The van der Waals surface area contributed by atoms with Crippen LogP contribution in [-0.4, -0.2) is 40.3 Å². The number of carbonyl (C=O) groups is 3. The number of primary amides is 1. The highest BCUT2D eigenvalue weighted by Gasteiger charge is 2.34. The van der Waals surface area contributed by atoms with Crippen LogP contribution < -0.4 is 20.6 Å². The molecule has 0 atom stereocenters. The zero-order chi connectivity index (χ0) is 21.7. The maximum Gasteiger partial charge on any atom is 0.285 e. The molecule has 2 heterocycles. The van der Waals surface area contributed by atoms with Crippen LogP contribution in [0.15, 0.2) is 40.6 Å². The standard InChI is InChI=1S/C19H17N3O5S3/c1-2-26-13-8-11(5-6-12(13)27-10-16(20)23)9-15-18(25)22(19(28)30-15)21-17(24)14-4-3-7-29-14/h3-9H,2,10H2,1H3,(H2,20,23)(H,21,24)/b15-9-. The predicted molar refractivity (Wildman–Crippen MR) is 119 cm³/mol. The van der Waals surface area contributed by atoms with Crippen molar-refractivity contribution in [3.05, 3.63) is 51.1 Å². The third kappa shape index (κ3) is 5.17. The molecular weight excluding hydrogens is 446 g/mol. The number of carbonyl (C=O) groups excluding carboxylic acids is 3. The van der Waals surface area contributed by atoms with Crippen molar-refractivity contribution in [3.8, 4) is 11.5 Å². The lowest BCUT2D eigenvalue weighted by Gasteiger charge is -2.14. The van der Waals surface area contributed by atoms with E-state index in [1.54, 1.807) is 41.8 Å². The first-order chi connectivity index (χ1) is 14.4. The fraction of sp³-hybridized carbons (Fsp3) is 0.158. The van der Waals surface area contributed by atoms with Crippen LogP contribution in [0.1, 0.15) is 22.2 Å². The van der Waals surface area contributed by atoms with Crippen LogP contribution >= 0.6 is 35.3 Å². The van der Waals surface area contributed by atoms with Gasteiger partial charge in [-0.2, -0.15) is 5.01 Å². The van der Waals surface area contributed by atoms with Gasteiger partial charge in [0, 0.05) is 0 Å². The molecule has 0 radical (unpaired) electrons. The highest BCUT2D eigenvalue weighted by Crippen LogP contribution is 2.34. The Labute approximate surface area is 186 Å². The van der Waals surface area contributed by atoms with E-state index in [1.165, 1.54) is 11.3 Å². The zero-order valence-corrected chi connectivity index (χ0v) is 18.2. The van der Waals surface area contributed by atoms with Gasteiger partial charge < -0.3 is 15.2 Å². The van der Waals surface area contributed by atoms with E-state index in [-0.39, 0.29) is 10.9 Å². The molecule has 0 aliphatic carbocycles. The third-order valence-electron chi connectivity index (χ3n) is 3.69. The number of thioether (sulfide) groups is 1. The third-order valence-corrected chi connectivity index (χ3v) is 5.86. The number of hydrogen-bond acceptors (Lipinski definition) is 8. The molecule has 156 valence electrons. The maximum absolute atomic E-state index is 12.7. The largest absolute Gasteiger partial charge is 0.490 e. The highest BCUT2D eigenvalue weighted by molar-refractivity contribution is 8.26. The molecule has 1 aromatic carbocycles. The van der Waals surface area contributed by atoms with Gasteiger partial charge in [0.2, 0.25) is 0 Å². The number of ether oxygens (including phenoxy) is 2. The second-order valence-corrected chi connectivity index (χ2v) is 8.45. The van der Waals surface area contributed by atoms with Crippen LogP contribution in [-0.2, 0) is 9.59 Å². The van der Waals surface area contributed by atoms with Crippen molar-refractivity contribution in [1.29, 1.82) is 0 Å². The Morgan fingerprint density at radius 1 is 1.27 bits per heavy atom. The summed E-state index contributed by atoms with van der Waals surface area (Å²) in [6.45, 7) is 1.92. The SMILES string of the molecule is CCOc1cc(/C=C2\SC(=S)N(NC(=O)c3cccs3)C2=O)ccc1OCC(N)=O. The Bertz CT molecular complexity index is 1020. The van der Waals surface area contributed by atoms with Crippen LogP contribution in [0.2, 0.25) is 0 Å². The first kappa shape index (κ1) is 21.8. The number of nitrogens with two attached hydrogens (primary N) is 1. The van der Waals surface area contributed by atoms with Gasteiger partial charge >= 0.3 is 0 Å². The summed E-state index contributed by atoms with van der Waals surface area (Å²) >= 11 is 7.58.